The van der Waals surface area contributed by atoms with Crippen molar-refractivity contribution in [1.29, 1.82) is 0 Å². The molecule has 4 heteroatoms. The Morgan fingerprint density at radius 3 is 1.17 bits per heavy atom. The van der Waals surface area contributed by atoms with Gasteiger partial charge in [0.1, 0.15) is 11.5 Å². The first-order valence-corrected chi connectivity index (χ1v) is 54.9. The van der Waals surface area contributed by atoms with Gasteiger partial charge in [-0.1, -0.05) is 436 Å². The number of unbranched alkanes of at least 4 members (excludes halogenated alkanes) is 12. The van der Waals surface area contributed by atoms with Gasteiger partial charge in [-0.25, -0.2) is 0 Å². The minimum atomic E-state index is -0.493. The summed E-state index contributed by atoms with van der Waals surface area (Å²) in [6, 6.07) is 149. The van der Waals surface area contributed by atoms with E-state index in [1.807, 2.05) is 12.2 Å². The van der Waals surface area contributed by atoms with Gasteiger partial charge in [0.2, 0.25) is 0 Å². The van der Waals surface area contributed by atoms with E-state index in [9.17, 15) is 0 Å². The molecule has 0 spiro atoms. The van der Waals surface area contributed by atoms with Gasteiger partial charge in [0, 0.05) is 61.2 Å². The number of anilines is 6. The summed E-state index contributed by atoms with van der Waals surface area (Å²) in [6.07, 6.45) is 25.2. The van der Waals surface area contributed by atoms with E-state index in [0.29, 0.717) is 13.2 Å². The van der Waals surface area contributed by atoms with Crippen molar-refractivity contribution in [3.63, 3.8) is 0 Å². The molecule has 0 saturated carbocycles. The van der Waals surface area contributed by atoms with Crippen LogP contribution in [0, 0.1) is 0 Å². The fraction of sp³-hybridized carbons (Fsp3) is 0.259. The number of nitrogens with zero attached hydrogens (tertiary/aromatic N) is 2. The minimum absolute atomic E-state index is 0.00407. The van der Waals surface area contributed by atoms with Crippen LogP contribution in [-0.2, 0) is 45.3 Å². The van der Waals surface area contributed by atoms with E-state index in [2.05, 4.69) is 467 Å². The van der Waals surface area contributed by atoms with Crippen LogP contribution in [0.15, 0.2) is 395 Å². The maximum atomic E-state index is 6.35. The largest absolute Gasteiger partial charge is 0.494 e. The third kappa shape index (κ3) is 17.6. The molecule has 4 aliphatic carbocycles. The van der Waals surface area contributed by atoms with Crippen LogP contribution in [0.3, 0.4) is 0 Å². The van der Waals surface area contributed by atoms with Crippen molar-refractivity contribution in [3.05, 3.63) is 501 Å². The summed E-state index contributed by atoms with van der Waals surface area (Å²) in [4.78, 5) is 5.23. The molecule has 6 bridgehead atoms. The summed E-state index contributed by atoms with van der Waals surface area (Å²) in [5, 5.41) is 0. The number of fused-ring (bicyclic) bond motifs is 11. The average Bonchev–Trinajstić information content (AvgIpc) is 1.57. The number of aryl methyl sites for hydroxylation is 1. The van der Waals surface area contributed by atoms with Crippen molar-refractivity contribution < 1.29 is 9.47 Å². The predicted molar refractivity (Wildman–Crippen MR) is 622 cm³/mol. The quantitative estimate of drug-likeness (QED) is 0.0366. The molecule has 0 radical (unpaired) electrons. The molecule has 0 aromatic heterocycles. The van der Waals surface area contributed by atoms with Gasteiger partial charge >= 0.3 is 0 Å². The predicted octanol–water partition coefficient (Wildman–Crippen LogP) is 38.8. The van der Waals surface area contributed by atoms with Crippen LogP contribution in [0.25, 0.3) is 78.9 Å². The van der Waals surface area contributed by atoms with Crippen molar-refractivity contribution in [3.8, 4) is 78.3 Å². The normalized spacial score (nSPS) is 17.0. The molecule has 4 nitrogen and oxygen atoms in total. The summed E-state index contributed by atoms with van der Waals surface area (Å²) < 4.78 is 12.7. The van der Waals surface area contributed by atoms with Gasteiger partial charge in [-0.15, -0.1) is 0 Å². The second kappa shape index (κ2) is 41.0. The van der Waals surface area contributed by atoms with Crippen LogP contribution in [0.4, 0.5) is 34.1 Å². The third-order valence-electron chi connectivity index (χ3n) is 34.2. The van der Waals surface area contributed by atoms with E-state index in [4.69, 9.17) is 9.47 Å². The molecule has 4 atom stereocenters. The number of hydrogen-bond donors (Lipinski definition) is 0. The number of rotatable bonds is 36. The molecule has 17 aromatic carbocycles. The first-order valence-electron chi connectivity index (χ1n) is 54.9. The zero-order valence-corrected chi connectivity index (χ0v) is 87.7. The van der Waals surface area contributed by atoms with E-state index in [1.54, 1.807) is 0 Å². The highest BCUT2D eigenvalue weighted by Crippen LogP contribution is 2.63. The molecule has 17 aromatic rings. The fourth-order valence-electron chi connectivity index (χ4n) is 26.3. The summed E-state index contributed by atoms with van der Waals surface area (Å²) in [5.74, 6) is 1.82. The van der Waals surface area contributed by atoms with Crippen LogP contribution < -0.4 is 19.3 Å². The first kappa shape index (κ1) is 97.2. The number of benzene rings is 17. The smallest absolute Gasteiger partial charge is 0.119 e. The Morgan fingerprint density at radius 2 is 0.680 bits per heavy atom. The lowest BCUT2D eigenvalue weighted by Gasteiger charge is -2.36. The monoisotopic (exact) mass is 1920 g/mol. The Morgan fingerprint density at radius 1 is 0.299 bits per heavy atom. The van der Waals surface area contributed by atoms with E-state index in [-0.39, 0.29) is 5.41 Å². The highest BCUT2D eigenvalue weighted by Gasteiger charge is 2.49. The lowest BCUT2D eigenvalue weighted by atomic mass is 9.68. The highest BCUT2D eigenvalue weighted by atomic mass is 16.5. The first-order chi connectivity index (χ1) is 71.9. The highest BCUT2D eigenvalue weighted by molar-refractivity contribution is 5.95. The summed E-state index contributed by atoms with van der Waals surface area (Å²) >= 11 is 0. The van der Waals surface area contributed by atoms with Gasteiger partial charge in [-0.2, -0.15) is 0 Å². The Hall–Kier alpha value is -14.6. The van der Waals surface area contributed by atoms with Gasteiger partial charge in [-0.05, 0) is 340 Å². The fourth-order valence-corrected chi connectivity index (χ4v) is 26.3. The zero-order valence-electron chi connectivity index (χ0n) is 87.7. The van der Waals surface area contributed by atoms with Crippen molar-refractivity contribution >= 4 is 46.3 Å². The lowest BCUT2D eigenvalue weighted by Crippen LogP contribution is -2.27. The van der Waals surface area contributed by atoms with E-state index in [1.165, 1.54) is 174 Å². The molecular formula is C143H140N2O2. The summed E-state index contributed by atoms with van der Waals surface area (Å²) in [6.45, 7) is 31.1. The van der Waals surface area contributed by atoms with Gasteiger partial charge in [0.25, 0.3) is 0 Å². The number of ether oxygens (including phenoxy) is 2. The standard InChI is InChI=1S/C143H140N2O2/c1-12-16-18-26-44-103-94-127(101-62-74-110(75-63-101)144(112-78-86-122-118-49-32-36-54-128(118)140(10,132(122)95-112)106-70-66-104(67-71-106)138(5,6)7)114-80-88-124-120-51-34-38-56-130(120)142(134(124)97-114,108-45-27-24-28-46-108)90-40-20-22-42-92-146-116-82-58-99(14-3)59-83-116)126(53-31-19-17-13-2)137-136(103)102-64-76-111(77-65-102)145(113-79-87-123-119-50-33-37-55-129(119)141(11,133(123)96-113)107-72-68-105(69-73-107)139(137,8)9)115-81-89-125-121-52-35-39-57-131(121)143(135(125)98-115,109-47-29-25-30-48-109)91-41-21-23-43-93-147-117-84-60-100(15-4)61-85-117/h14-15,24-25,27-30,32-39,45-52,54-89,94-98H,3-4,12-13,16-23,26,31,40-44,53,90-93H2,1-2,5-11H3. The molecule has 0 N–H and O–H groups in total. The zero-order chi connectivity index (χ0) is 101. The molecule has 4 aliphatic heterocycles. The Labute approximate surface area is 875 Å². The summed E-state index contributed by atoms with van der Waals surface area (Å²) in [7, 11) is 0. The molecule has 25 rings (SSSR count). The molecule has 0 fully saturated rings. The topological polar surface area (TPSA) is 24.9 Å². The van der Waals surface area contributed by atoms with Gasteiger partial charge < -0.3 is 19.3 Å². The molecule has 0 amide bonds. The molecule has 147 heavy (non-hydrogen) atoms. The lowest BCUT2D eigenvalue weighted by molar-refractivity contribution is 0.303. The van der Waals surface area contributed by atoms with Crippen LogP contribution in [0.5, 0.6) is 11.5 Å². The Balaban J connectivity index is 0.700. The van der Waals surface area contributed by atoms with E-state index in [0.717, 1.165) is 172 Å². The van der Waals surface area contributed by atoms with Crippen molar-refractivity contribution in [2.75, 3.05) is 23.0 Å². The molecule has 4 unspecified atom stereocenters. The van der Waals surface area contributed by atoms with Gasteiger partial charge in [-0.3, -0.25) is 0 Å². The maximum Gasteiger partial charge on any atom is 0.119 e. The molecule has 0 saturated heterocycles. The molecule has 8 aliphatic rings. The summed E-state index contributed by atoms with van der Waals surface area (Å²) in [5.41, 5.74) is 45.4. The average molecular weight is 1920 g/mol. The Bertz CT molecular complexity index is 7670. The van der Waals surface area contributed by atoms with Crippen molar-refractivity contribution in [2.24, 2.45) is 0 Å². The van der Waals surface area contributed by atoms with E-state index >= 15 is 0 Å². The van der Waals surface area contributed by atoms with Crippen LogP contribution >= 0.6 is 0 Å². The number of hydrogen-bond acceptors (Lipinski definition) is 4. The van der Waals surface area contributed by atoms with Crippen LogP contribution in [0.1, 0.15) is 284 Å². The second-order valence-corrected chi connectivity index (χ2v) is 44.2. The van der Waals surface area contributed by atoms with Crippen molar-refractivity contribution in [1.82, 2.24) is 0 Å². The van der Waals surface area contributed by atoms with E-state index < -0.39 is 27.1 Å². The Kier molecular flexibility index (Phi) is 27.1. The molecule has 734 valence electrons. The third-order valence-corrected chi connectivity index (χ3v) is 34.2. The minimum Gasteiger partial charge on any atom is -0.494 e. The van der Waals surface area contributed by atoms with Crippen molar-refractivity contribution in [2.45, 2.75) is 223 Å². The molecule has 4 heterocycles. The van der Waals surface area contributed by atoms with Crippen LogP contribution in [0.2, 0.25) is 0 Å². The van der Waals surface area contributed by atoms with Crippen LogP contribution in [-0.4, -0.2) is 13.2 Å². The maximum absolute atomic E-state index is 6.35. The SMILES string of the molecule is C=Cc1ccc(OCCCCCCC2(c3ccccc3)c3ccccc3-c3ccc(N(c4ccc(-c5cc(CCCCCC)c6c(c5CCCCCC)C(C)(C)c5ccc(cc5)C5(C)c7ccccc7-c7ccc(cc75)N(c5ccc7c(c5)C(CCCCCCOc5ccc(C=C)cc5)(c5ccccc5)c5ccccc5-7)c5ccc-6cc5)cc4)c4ccc5c(c4)C(C)(c4ccc(C(C)(C)C)cc4)c4ccccc4-5)cc32)cc1. The van der Waals surface area contributed by atoms with Gasteiger partial charge in [0.15, 0.2) is 0 Å². The molecular weight excluding hydrogens is 1780 g/mol. The van der Waals surface area contributed by atoms with Gasteiger partial charge in [0.05, 0.1) is 13.2 Å². The second-order valence-electron chi connectivity index (χ2n) is 44.2.